The lowest BCUT2D eigenvalue weighted by atomic mass is 10.00. The first kappa shape index (κ1) is 17.5. The van der Waals surface area contributed by atoms with E-state index in [0.29, 0.717) is 25.6 Å². The maximum atomic E-state index is 12.7. The Balaban J connectivity index is 1.72. The van der Waals surface area contributed by atoms with Gasteiger partial charge in [-0.25, -0.2) is 14.8 Å². The van der Waals surface area contributed by atoms with Gasteiger partial charge in [0, 0.05) is 31.5 Å². The number of anilines is 2. The zero-order valence-corrected chi connectivity index (χ0v) is 15.1. The van der Waals surface area contributed by atoms with Gasteiger partial charge in [-0.2, -0.15) is 0 Å². The van der Waals surface area contributed by atoms with Crippen LogP contribution < -0.4 is 10.2 Å². The van der Waals surface area contributed by atoms with Crippen molar-refractivity contribution >= 4 is 29.1 Å². The molecule has 1 fully saturated rings. The molecular weight excluding hydrogens is 338 g/mol. The largest absolute Gasteiger partial charge is 0.353 e. The van der Waals surface area contributed by atoms with Crippen molar-refractivity contribution in [3.05, 3.63) is 47.9 Å². The average molecular weight is 360 g/mol. The maximum absolute atomic E-state index is 12.7. The highest BCUT2D eigenvalue weighted by Crippen LogP contribution is 2.23. The molecule has 132 valence electrons. The van der Waals surface area contributed by atoms with Crippen LogP contribution in [0, 0.1) is 5.92 Å². The SMILES string of the molecule is CC(C)C1CN(c2ccnc(Cl)n2)CCN1C(=O)Nc1ccccc1. The fourth-order valence-electron chi connectivity index (χ4n) is 3.06. The van der Waals surface area contributed by atoms with Gasteiger partial charge in [0.1, 0.15) is 5.82 Å². The summed E-state index contributed by atoms with van der Waals surface area (Å²) >= 11 is 5.91. The Kier molecular flexibility index (Phi) is 5.38. The number of para-hydroxylation sites is 1. The zero-order valence-electron chi connectivity index (χ0n) is 14.4. The van der Waals surface area contributed by atoms with E-state index in [1.807, 2.05) is 41.3 Å². The molecule has 1 aliphatic rings. The third kappa shape index (κ3) is 4.20. The van der Waals surface area contributed by atoms with E-state index >= 15 is 0 Å². The van der Waals surface area contributed by atoms with Gasteiger partial charge in [-0.1, -0.05) is 32.0 Å². The lowest BCUT2D eigenvalue weighted by molar-refractivity contribution is 0.156. The van der Waals surface area contributed by atoms with Crippen LogP contribution >= 0.6 is 11.6 Å². The van der Waals surface area contributed by atoms with Gasteiger partial charge in [0.25, 0.3) is 0 Å². The van der Waals surface area contributed by atoms with Gasteiger partial charge in [0.15, 0.2) is 0 Å². The van der Waals surface area contributed by atoms with Crippen LogP contribution in [0.15, 0.2) is 42.6 Å². The first-order valence-corrected chi connectivity index (χ1v) is 8.78. The minimum atomic E-state index is -0.0646. The minimum absolute atomic E-state index is 0.0646. The summed E-state index contributed by atoms with van der Waals surface area (Å²) in [5, 5.41) is 3.22. The second kappa shape index (κ2) is 7.70. The molecule has 1 N–H and O–H groups in total. The summed E-state index contributed by atoms with van der Waals surface area (Å²) in [6, 6.07) is 11.4. The van der Waals surface area contributed by atoms with Crippen molar-refractivity contribution in [1.82, 2.24) is 14.9 Å². The number of carbonyl (C=O) groups excluding carboxylic acids is 1. The van der Waals surface area contributed by atoms with Gasteiger partial charge in [0.2, 0.25) is 5.28 Å². The van der Waals surface area contributed by atoms with Gasteiger partial charge in [0.05, 0.1) is 6.04 Å². The van der Waals surface area contributed by atoms with Crippen molar-refractivity contribution < 1.29 is 4.79 Å². The van der Waals surface area contributed by atoms with Gasteiger partial charge >= 0.3 is 6.03 Å². The average Bonchev–Trinajstić information content (AvgIpc) is 2.62. The molecule has 0 saturated carbocycles. The zero-order chi connectivity index (χ0) is 17.8. The number of hydrogen-bond acceptors (Lipinski definition) is 4. The van der Waals surface area contributed by atoms with Crippen molar-refractivity contribution in [3.8, 4) is 0 Å². The van der Waals surface area contributed by atoms with Crippen LogP contribution in [0.3, 0.4) is 0 Å². The highest BCUT2D eigenvalue weighted by molar-refractivity contribution is 6.28. The molecule has 6 nitrogen and oxygen atoms in total. The summed E-state index contributed by atoms with van der Waals surface area (Å²) in [4.78, 5) is 25.0. The number of benzene rings is 1. The molecule has 0 bridgehead atoms. The minimum Gasteiger partial charge on any atom is -0.353 e. The number of carbonyl (C=O) groups is 1. The predicted molar refractivity (Wildman–Crippen MR) is 100 cm³/mol. The van der Waals surface area contributed by atoms with Crippen molar-refractivity contribution in [2.24, 2.45) is 5.92 Å². The standard InChI is InChI=1S/C18H22ClN5O/c1-13(2)15-12-23(16-8-9-20-17(19)22-16)10-11-24(15)18(25)21-14-6-4-3-5-7-14/h3-9,13,15H,10-12H2,1-2H3,(H,21,25). The van der Waals surface area contributed by atoms with E-state index in [-0.39, 0.29) is 17.4 Å². The van der Waals surface area contributed by atoms with Crippen LogP contribution in [-0.2, 0) is 0 Å². The van der Waals surface area contributed by atoms with E-state index in [2.05, 4.69) is 34.0 Å². The molecule has 0 radical (unpaired) electrons. The molecule has 3 rings (SSSR count). The number of rotatable bonds is 3. The summed E-state index contributed by atoms with van der Waals surface area (Å²) in [6.07, 6.45) is 1.66. The Morgan fingerprint density at radius 1 is 1.24 bits per heavy atom. The molecule has 0 spiro atoms. The molecule has 1 aromatic heterocycles. The molecule has 1 aromatic carbocycles. The quantitative estimate of drug-likeness (QED) is 0.852. The number of nitrogens with one attached hydrogen (secondary N) is 1. The van der Waals surface area contributed by atoms with Crippen molar-refractivity contribution in [2.75, 3.05) is 29.9 Å². The number of hydrogen-bond donors (Lipinski definition) is 1. The number of urea groups is 1. The maximum Gasteiger partial charge on any atom is 0.322 e. The molecule has 0 aliphatic carbocycles. The normalized spacial score (nSPS) is 17.7. The first-order chi connectivity index (χ1) is 12.0. The summed E-state index contributed by atoms with van der Waals surface area (Å²) in [5.41, 5.74) is 0.806. The Hall–Kier alpha value is -2.34. The fourth-order valence-corrected chi connectivity index (χ4v) is 3.20. The van der Waals surface area contributed by atoms with E-state index in [9.17, 15) is 4.79 Å². The van der Waals surface area contributed by atoms with Crippen LogP contribution in [0.4, 0.5) is 16.3 Å². The van der Waals surface area contributed by atoms with E-state index in [0.717, 1.165) is 11.5 Å². The second-order valence-corrected chi connectivity index (χ2v) is 6.77. The highest BCUT2D eigenvalue weighted by atomic mass is 35.5. The van der Waals surface area contributed by atoms with Crippen LogP contribution in [0.2, 0.25) is 5.28 Å². The van der Waals surface area contributed by atoms with Gasteiger partial charge in [-0.3, -0.25) is 0 Å². The van der Waals surface area contributed by atoms with Crippen molar-refractivity contribution in [3.63, 3.8) is 0 Å². The third-order valence-corrected chi connectivity index (χ3v) is 4.59. The molecular formula is C18H22ClN5O. The lowest BCUT2D eigenvalue weighted by Gasteiger charge is -2.43. The summed E-state index contributed by atoms with van der Waals surface area (Å²) in [5.74, 6) is 1.12. The predicted octanol–water partition coefficient (Wildman–Crippen LogP) is 3.51. The van der Waals surface area contributed by atoms with Gasteiger partial charge in [-0.15, -0.1) is 0 Å². The fraction of sp³-hybridized carbons (Fsp3) is 0.389. The van der Waals surface area contributed by atoms with E-state index in [1.165, 1.54) is 0 Å². The summed E-state index contributed by atoms with van der Waals surface area (Å²) < 4.78 is 0. The molecule has 1 unspecified atom stereocenters. The first-order valence-electron chi connectivity index (χ1n) is 8.41. The Bertz CT molecular complexity index is 724. The van der Waals surface area contributed by atoms with Crippen LogP contribution in [-0.4, -0.2) is 46.6 Å². The van der Waals surface area contributed by atoms with Crippen LogP contribution in [0.5, 0.6) is 0 Å². The van der Waals surface area contributed by atoms with Gasteiger partial charge < -0.3 is 15.1 Å². The Morgan fingerprint density at radius 3 is 2.68 bits per heavy atom. The number of amides is 2. The smallest absolute Gasteiger partial charge is 0.322 e. The van der Waals surface area contributed by atoms with Gasteiger partial charge in [-0.05, 0) is 35.7 Å². The van der Waals surface area contributed by atoms with E-state index in [4.69, 9.17) is 11.6 Å². The second-order valence-electron chi connectivity index (χ2n) is 6.43. The van der Waals surface area contributed by atoms with Crippen LogP contribution in [0.25, 0.3) is 0 Å². The van der Waals surface area contributed by atoms with Crippen molar-refractivity contribution in [1.29, 1.82) is 0 Å². The number of piperazine rings is 1. The third-order valence-electron chi connectivity index (χ3n) is 4.41. The molecule has 1 atom stereocenters. The Labute approximate surface area is 152 Å². The number of nitrogens with zero attached hydrogens (tertiary/aromatic N) is 4. The highest BCUT2D eigenvalue weighted by Gasteiger charge is 2.33. The lowest BCUT2D eigenvalue weighted by Crippen LogP contribution is -2.58. The van der Waals surface area contributed by atoms with E-state index < -0.39 is 0 Å². The number of halogens is 1. The molecule has 2 amide bonds. The molecule has 2 aromatic rings. The van der Waals surface area contributed by atoms with Crippen LogP contribution in [0.1, 0.15) is 13.8 Å². The molecule has 1 aliphatic heterocycles. The molecule has 7 heteroatoms. The molecule has 2 heterocycles. The summed E-state index contributed by atoms with van der Waals surface area (Å²) in [6.45, 7) is 6.31. The Morgan fingerprint density at radius 2 is 2.00 bits per heavy atom. The monoisotopic (exact) mass is 359 g/mol. The molecule has 1 saturated heterocycles. The van der Waals surface area contributed by atoms with E-state index in [1.54, 1.807) is 6.20 Å². The molecule has 25 heavy (non-hydrogen) atoms. The number of aromatic nitrogens is 2. The van der Waals surface area contributed by atoms with Crippen molar-refractivity contribution in [2.45, 2.75) is 19.9 Å². The topological polar surface area (TPSA) is 61.4 Å². The summed E-state index contributed by atoms with van der Waals surface area (Å²) in [7, 11) is 0.